The second kappa shape index (κ2) is 5.22. The second-order valence-electron chi connectivity index (χ2n) is 5.41. The molecule has 0 bridgehead atoms. The molecule has 5 nitrogen and oxygen atoms in total. The molecule has 0 radical (unpaired) electrons. The maximum Gasteiger partial charge on any atom is 0.279 e. The Hall–Kier alpha value is -0.170. The Labute approximate surface area is 104 Å². The average Bonchev–Trinajstić information content (AvgIpc) is 2.55. The summed E-state index contributed by atoms with van der Waals surface area (Å²) < 4.78 is 29.1. The Morgan fingerprint density at radius 1 is 1.18 bits per heavy atom. The third-order valence-electron chi connectivity index (χ3n) is 3.65. The van der Waals surface area contributed by atoms with E-state index in [1.54, 1.807) is 4.31 Å². The van der Waals surface area contributed by atoms with Crippen LogP contribution in [0.4, 0.5) is 0 Å². The van der Waals surface area contributed by atoms with Gasteiger partial charge < -0.3 is 5.32 Å². The van der Waals surface area contributed by atoms with Gasteiger partial charge in [-0.25, -0.2) is 0 Å². The van der Waals surface area contributed by atoms with E-state index in [9.17, 15) is 8.42 Å². The zero-order valence-electron chi connectivity index (χ0n) is 10.5. The predicted octanol–water partition coefficient (Wildman–Crippen LogP) is 0.449. The Kier molecular flexibility index (Phi) is 4.07. The van der Waals surface area contributed by atoms with E-state index >= 15 is 0 Å². The molecule has 0 amide bonds. The molecule has 0 aromatic heterocycles. The van der Waals surface area contributed by atoms with Gasteiger partial charge in [0.2, 0.25) is 0 Å². The summed E-state index contributed by atoms with van der Waals surface area (Å²) >= 11 is 0. The number of nitrogens with zero attached hydrogens (tertiary/aromatic N) is 1. The molecule has 100 valence electrons. The lowest BCUT2D eigenvalue weighted by Crippen LogP contribution is -2.53. The molecule has 6 heteroatoms. The molecule has 2 saturated heterocycles. The molecular weight excluding hydrogens is 238 g/mol. The van der Waals surface area contributed by atoms with Gasteiger partial charge in [0, 0.05) is 25.2 Å². The van der Waals surface area contributed by atoms with Gasteiger partial charge in [-0.05, 0) is 32.7 Å². The van der Waals surface area contributed by atoms with Crippen LogP contribution in [-0.4, -0.2) is 44.4 Å². The Morgan fingerprint density at radius 3 is 2.35 bits per heavy atom. The first-order valence-corrected chi connectivity index (χ1v) is 7.96. The summed E-state index contributed by atoms with van der Waals surface area (Å²) in [6.45, 7) is 4.92. The quantitative estimate of drug-likeness (QED) is 0.775. The maximum atomic E-state index is 12.3. The van der Waals surface area contributed by atoms with Gasteiger partial charge in [-0.15, -0.1) is 0 Å². The fraction of sp³-hybridized carbons (Fsp3) is 1.00. The van der Waals surface area contributed by atoms with Gasteiger partial charge in [0.15, 0.2) is 0 Å². The van der Waals surface area contributed by atoms with E-state index in [-0.39, 0.29) is 5.54 Å². The van der Waals surface area contributed by atoms with Crippen molar-refractivity contribution in [1.29, 1.82) is 0 Å². The molecule has 2 fully saturated rings. The van der Waals surface area contributed by atoms with Crippen molar-refractivity contribution in [1.82, 2.24) is 14.3 Å². The molecule has 0 saturated carbocycles. The molecule has 2 aliphatic rings. The Morgan fingerprint density at radius 2 is 1.82 bits per heavy atom. The Balaban J connectivity index is 2.01. The van der Waals surface area contributed by atoms with Crippen molar-refractivity contribution in [2.45, 2.75) is 44.6 Å². The minimum absolute atomic E-state index is 0.314. The highest BCUT2D eigenvalue weighted by Gasteiger charge is 2.35. The van der Waals surface area contributed by atoms with Crippen molar-refractivity contribution in [2.24, 2.45) is 0 Å². The summed E-state index contributed by atoms with van der Waals surface area (Å²) in [5.41, 5.74) is -0.314. The van der Waals surface area contributed by atoms with Crippen LogP contribution in [0.15, 0.2) is 0 Å². The Bertz CT molecular complexity index is 342. The monoisotopic (exact) mass is 261 g/mol. The van der Waals surface area contributed by atoms with Gasteiger partial charge in [-0.1, -0.05) is 12.8 Å². The molecule has 1 atom stereocenters. The highest BCUT2D eigenvalue weighted by atomic mass is 32.2. The first-order chi connectivity index (χ1) is 8.02. The number of hydrogen-bond donors (Lipinski definition) is 2. The lowest BCUT2D eigenvalue weighted by molar-refractivity contribution is 0.382. The molecule has 2 rings (SSSR count). The largest absolute Gasteiger partial charge is 0.315 e. The van der Waals surface area contributed by atoms with E-state index < -0.39 is 10.2 Å². The molecular formula is C11H23N3O2S. The number of rotatable bonds is 3. The van der Waals surface area contributed by atoms with E-state index in [1.807, 2.05) is 6.92 Å². The van der Waals surface area contributed by atoms with Crippen LogP contribution >= 0.6 is 0 Å². The van der Waals surface area contributed by atoms with Crippen molar-refractivity contribution in [3.8, 4) is 0 Å². The molecule has 17 heavy (non-hydrogen) atoms. The van der Waals surface area contributed by atoms with Crippen LogP contribution in [0.1, 0.15) is 39.0 Å². The zero-order chi connectivity index (χ0) is 12.4. The van der Waals surface area contributed by atoms with Crippen molar-refractivity contribution < 1.29 is 8.42 Å². The summed E-state index contributed by atoms with van der Waals surface area (Å²) in [4.78, 5) is 0. The first-order valence-electron chi connectivity index (χ1n) is 6.52. The highest BCUT2D eigenvalue weighted by Crippen LogP contribution is 2.18. The van der Waals surface area contributed by atoms with Crippen molar-refractivity contribution in [2.75, 3.05) is 26.2 Å². The van der Waals surface area contributed by atoms with Gasteiger partial charge >= 0.3 is 0 Å². The number of hydrogen-bond acceptors (Lipinski definition) is 3. The summed E-state index contributed by atoms with van der Waals surface area (Å²) in [6, 6.07) is 0. The highest BCUT2D eigenvalue weighted by molar-refractivity contribution is 7.87. The predicted molar refractivity (Wildman–Crippen MR) is 68.0 cm³/mol. The fourth-order valence-corrected chi connectivity index (χ4v) is 4.23. The van der Waals surface area contributed by atoms with Crippen LogP contribution in [0.2, 0.25) is 0 Å². The third-order valence-corrected chi connectivity index (χ3v) is 5.44. The van der Waals surface area contributed by atoms with Crippen LogP contribution in [-0.2, 0) is 10.2 Å². The van der Waals surface area contributed by atoms with Gasteiger partial charge in [0.05, 0.1) is 0 Å². The van der Waals surface area contributed by atoms with Crippen LogP contribution in [0.25, 0.3) is 0 Å². The fourth-order valence-electron chi connectivity index (χ4n) is 2.56. The van der Waals surface area contributed by atoms with E-state index in [0.717, 1.165) is 45.2 Å². The molecule has 0 aromatic rings. The molecule has 2 N–H and O–H groups in total. The summed E-state index contributed by atoms with van der Waals surface area (Å²) in [7, 11) is -3.31. The van der Waals surface area contributed by atoms with Gasteiger partial charge in [0.1, 0.15) is 0 Å². The maximum absolute atomic E-state index is 12.3. The minimum atomic E-state index is -3.31. The summed E-state index contributed by atoms with van der Waals surface area (Å²) in [5, 5.41) is 3.21. The third kappa shape index (κ3) is 3.40. The smallest absolute Gasteiger partial charge is 0.279 e. The summed E-state index contributed by atoms with van der Waals surface area (Å²) in [6.07, 6.45) is 5.11. The average molecular weight is 261 g/mol. The van der Waals surface area contributed by atoms with Crippen LogP contribution < -0.4 is 10.0 Å². The van der Waals surface area contributed by atoms with E-state index in [4.69, 9.17) is 0 Å². The molecule has 1 unspecified atom stereocenters. The topological polar surface area (TPSA) is 61.4 Å². The van der Waals surface area contributed by atoms with Gasteiger partial charge in [-0.2, -0.15) is 17.4 Å². The number of nitrogens with one attached hydrogen (secondary N) is 2. The second-order valence-corrected chi connectivity index (χ2v) is 7.08. The van der Waals surface area contributed by atoms with Crippen LogP contribution in [0.3, 0.4) is 0 Å². The lowest BCUT2D eigenvalue weighted by atomic mass is 10.0. The first kappa shape index (κ1) is 13.3. The van der Waals surface area contributed by atoms with Crippen LogP contribution in [0.5, 0.6) is 0 Å². The SMILES string of the molecule is CC1(NS(=O)(=O)N2CCCCCC2)CCNC1. The molecule has 2 heterocycles. The standard InChI is InChI=1S/C11H23N3O2S/c1-11(6-7-12-10-11)13-17(15,16)14-8-4-2-3-5-9-14/h12-13H,2-10H2,1H3. The molecule has 2 aliphatic heterocycles. The molecule has 0 aromatic carbocycles. The zero-order valence-corrected chi connectivity index (χ0v) is 11.4. The lowest BCUT2D eigenvalue weighted by Gasteiger charge is -2.29. The normalized spacial score (nSPS) is 32.5. The molecule has 0 aliphatic carbocycles. The van der Waals surface area contributed by atoms with Crippen molar-refractivity contribution in [3.63, 3.8) is 0 Å². The van der Waals surface area contributed by atoms with Crippen molar-refractivity contribution in [3.05, 3.63) is 0 Å². The molecule has 0 spiro atoms. The van der Waals surface area contributed by atoms with Crippen molar-refractivity contribution >= 4 is 10.2 Å². The van der Waals surface area contributed by atoms with Gasteiger partial charge in [-0.3, -0.25) is 0 Å². The van der Waals surface area contributed by atoms with E-state index in [1.165, 1.54) is 0 Å². The summed E-state index contributed by atoms with van der Waals surface area (Å²) in [5.74, 6) is 0. The van der Waals surface area contributed by atoms with Gasteiger partial charge in [0.25, 0.3) is 10.2 Å². The van der Waals surface area contributed by atoms with E-state index in [2.05, 4.69) is 10.0 Å². The van der Waals surface area contributed by atoms with Crippen LogP contribution in [0, 0.1) is 0 Å². The minimum Gasteiger partial charge on any atom is -0.315 e. The van der Waals surface area contributed by atoms with E-state index in [0.29, 0.717) is 13.1 Å².